The van der Waals surface area contributed by atoms with Gasteiger partial charge in [0.1, 0.15) is 0 Å². The van der Waals surface area contributed by atoms with Crippen LogP contribution in [0.3, 0.4) is 0 Å². The van der Waals surface area contributed by atoms with Gasteiger partial charge in [0.15, 0.2) is 0 Å². The van der Waals surface area contributed by atoms with E-state index in [-0.39, 0.29) is 6.10 Å². The molecule has 0 heterocycles. The van der Waals surface area contributed by atoms with Crippen LogP contribution in [0.1, 0.15) is 51.9 Å². The summed E-state index contributed by atoms with van der Waals surface area (Å²) in [5.74, 6) is 0. The lowest BCUT2D eigenvalue weighted by atomic mass is 9.98. The highest BCUT2D eigenvalue weighted by Crippen LogP contribution is 2.22. The molecule has 0 aromatic rings. The van der Waals surface area contributed by atoms with Crippen LogP contribution in [0, 0.1) is 0 Å². The fraction of sp³-hybridized carbons (Fsp3) is 0.818. The summed E-state index contributed by atoms with van der Waals surface area (Å²) in [6.07, 6.45) is 8.43. The summed E-state index contributed by atoms with van der Waals surface area (Å²) in [4.78, 5) is 0. The van der Waals surface area contributed by atoms with Gasteiger partial charge in [-0.2, -0.15) is 8.42 Å². The fourth-order valence-electron chi connectivity index (χ4n) is 1.74. The van der Waals surface area contributed by atoms with Crippen molar-refractivity contribution in [2.24, 2.45) is 0 Å². The molecule has 0 aliphatic heterocycles. The van der Waals surface area contributed by atoms with Crippen LogP contribution in [0.25, 0.3) is 0 Å². The first kappa shape index (κ1) is 12.7. The molecule has 1 saturated carbocycles. The lowest BCUT2D eigenvalue weighted by molar-refractivity contribution is 0.165. The standard InChI is InChI=1S/C11H20O3S/c1-2-3-7-10-15(12,13)14-11-8-5-4-6-9-11/h7,10-11H,2-6,8-9H2,1H3/b10-7+. The molecule has 0 atom stereocenters. The molecule has 4 heteroatoms. The quantitative estimate of drug-likeness (QED) is 0.684. The summed E-state index contributed by atoms with van der Waals surface area (Å²) >= 11 is 0. The highest BCUT2D eigenvalue weighted by Gasteiger charge is 2.19. The Kier molecular flexibility index (Phi) is 5.32. The highest BCUT2D eigenvalue weighted by molar-refractivity contribution is 7.89. The van der Waals surface area contributed by atoms with Gasteiger partial charge in [-0.3, -0.25) is 4.18 Å². The van der Waals surface area contributed by atoms with Crippen LogP contribution in [0.4, 0.5) is 0 Å². The van der Waals surface area contributed by atoms with Gasteiger partial charge in [0.2, 0.25) is 0 Å². The van der Waals surface area contributed by atoms with E-state index in [9.17, 15) is 8.42 Å². The second-order valence-corrected chi connectivity index (χ2v) is 5.46. The largest absolute Gasteiger partial charge is 0.290 e. The molecule has 15 heavy (non-hydrogen) atoms. The molecule has 0 spiro atoms. The van der Waals surface area contributed by atoms with Crippen molar-refractivity contribution in [2.75, 3.05) is 0 Å². The maximum atomic E-state index is 11.5. The average molecular weight is 232 g/mol. The zero-order valence-electron chi connectivity index (χ0n) is 9.31. The third kappa shape index (κ3) is 5.33. The Balaban J connectivity index is 2.40. The summed E-state index contributed by atoms with van der Waals surface area (Å²) in [7, 11) is -3.43. The minimum atomic E-state index is -3.43. The van der Waals surface area contributed by atoms with Crippen LogP contribution in [-0.2, 0) is 14.3 Å². The number of rotatable bonds is 5. The highest BCUT2D eigenvalue weighted by atomic mass is 32.2. The molecule has 0 radical (unpaired) electrons. The first-order valence-electron chi connectivity index (χ1n) is 5.74. The van der Waals surface area contributed by atoms with Gasteiger partial charge in [-0.1, -0.05) is 38.7 Å². The van der Waals surface area contributed by atoms with Crippen molar-refractivity contribution < 1.29 is 12.6 Å². The third-order valence-electron chi connectivity index (χ3n) is 2.54. The van der Waals surface area contributed by atoms with Crippen LogP contribution < -0.4 is 0 Å². The number of hydrogen-bond acceptors (Lipinski definition) is 3. The van der Waals surface area contributed by atoms with Gasteiger partial charge < -0.3 is 0 Å². The molecule has 0 bridgehead atoms. The van der Waals surface area contributed by atoms with E-state index in [1.54, 1.807) is 6.08 Å². The molecule has 1 fully saturated rings. The van der Waals surface area contributed by atoms with Crippen molar-refractivity contribution in [2.45, 2.75) is 58.0 Å². The van der Waals surface area contributed by atoms with E-state index in [1.807, 2.05) is 6.92 Å². The van der Waals surface area contributed by atoms with E-state index in [0.717, 1.165) is 38.5 Å². The molecule has 0 aromatic carbocycles. The second-order valence-electron chi connectivity index (χ2n) is 4.01. The lowest BCUT2D eigenvalue weighted by Gasteiger charge is -2.20. The average Bonchev–Trinajstić information content (AvgIpc) is 2.18. The first-order valence-corrected chi connectivity index (χ1v) is 7.21. The van der Waals surface area contributed by atoms with E-state index in [0.29, 0.717) is 0 Å². The second kappa shape index (κ2) is 6.28. The minimum absolute atomic E-state index is 0.0879. The molecule has 0 N–H and O–H groups in total. The van der Waals surface area contributed by atoms with Crippen molar-refractivity contribution in [3.63, 3.8) is 0 Å². The Morgan fingerprint density at radius 2 is 1.93 bits per heavy atom. The molecular formula is C11H20O3S. The SMILES string of the molecule is CCC/C=C/S(=O)(=O)OC1CCCCC1. The van der Waals surface area contributed by atoms with Crippen LogP contribution in [0.15, 0.2) is 11.5 Å². The monoisotopic (exact) mass is 232 g/mol. The van der Waals surface area contributed by atoms with Crippen LogP contribution in [-0.4, -0.2) is 14.5 Å². The summed E-state index contributed by atoms with van der Waals surface area (Å²) in [5.41, 5.74) is 0. The predicted octanol–water partition coefficient (Wildman–Crippen LogP) is 2.98. The van der Waals surface area contributed by atoms with E-state index >= 15 is 0 Å². The molecule has 0 saturated heterocycles. The Hall–Kier alpha value is -0.350. The number of unbranched alkanes of at least 4 members (excludes halogenated alkanes) is 1. The van der Waals surface area contributed by atoms with Crippen molar-refractivity contribution in [1.29, 1.82) is 0 Å². The fourth-order valence-corrected chi connectivity index (χ4v) is 2.74. The summed E-state index contributed by atoms with van der Waals surface area (Å²) < 4.78 is 28.0. The van der Waals surface area contributed by atoms with Gasteiger partial charge in [0.05, 0.1) is 11.5 Å². The Morgan fingerprint density at radius 3 is 2.53 bits per heavy atom. The molecule has 3 nitrogen and oxygen atoms in total. The predicted molar refractivity (Wildman–Crippen MR) is 60.9 cm³/mol. The Morgan fingerprint density at radius 1 is 1.27 bits per heavy atom. The summed E-state index contributed by atoms with van der Waals surface area (Å²) in [6, 6.07) is 0. The molecule has 0 amide bonds. The molecule has 1 aliphatic rings. The van der Waals surface area contributed by atoms with Gasteiger partial charge in [-0.25, -0.2) is 0 Å². The number of hydrogen-bond donors (Lipinski definition) is 0. The van der Waals surface area contributed by atoms with Gasteiger partial charge in [0, 0.05) is 0 Å². The zero-order chi connectivity index (χ0) is 11.1. The van der Waals surface area contributed by atoms with Crippen molar-refractivity contribution in [3.8, 4) is 0 Å². The minimum Gasteiger partial charge on any atom is -0.263 e. The lowest BCUT2D eigenvalue weighted by Crippen LogP contribution is -2.19. The van der Waals surface area contributed by atoms with Gasteiger partial charge >= 0.3 is 0 Å². The van der Waals surface area contributed by atoms with Crippen molar-refractivity contribution >= 4 is 10.1 Å². The molecule has 0 aromatic heterocycles. The first-order chi connectivity index (χ1) is 7.14. The smallest absolute Gasteiger partial charge is 0.263 e. The topological polar surface area (TPSA) is 43.4 Å². The normalized spacial score (nSPS) is 19.8. The van der Waals surface area contributed by atoms with Crippen molar-refractivity contribution in [3.05, 3.63) is 11.5 Å². The van der Waals surface area contributed by atoms with E-state index in [2.05, 4.69) is 0 Å². The molecule has 1 rings (SSSR count). The van der Waals surface area contributed by atoms with E-state index in [1.165, 1.54) is 11.8 Å². The van der Waals surface area contributed by atoms with Crippen LogP contribution >= 0.6 is 0 Å². The summed E-state index contributed by atoms with van der Waals surface area (Å²) in [5, 5.41) is 1.20. The Bertz CT molecular complexity index is 287. The third-order valence-corrected chi connectivity index (χ3v) is 3.61. The maximum absolute atomic E-state index is 11.5. The van der Waals surface area contributed by atoms with Crippen LogP contribution in [0.2, 0.25) is 0 Å². The van der Waals surface area contributed by atoms with E-state index < -0.39 is 10.1 Å². The summed E-state index contributed by atoms with van der Waals surface area (Å²) in [6.45, 7) is 2.01. The zero-order valence-corrected chi connectivity index (χ0v) is 10.1. The molecule has 0 unspecified atom stereocenters. The van der Waals surface area contributed by atoms with Gasteiger partial charge in [0.25, 0.3) is 10.1 Å². The van der Waals surface area contributed by atoms with Crippen molar-refractivity contribution in [1.82, 2.24) is 0 Å². The van der Waals surface area contributed by atoms with Crippen LogP contribution in [0.5, 0.6) is 0 Å². The molecular weight excluding hydrogens is 212 g/mol. The number of allylic oxidation sites excluding steroid dienone is 1. The molecule has 1 aliphatic carbocycles. The van der Waals surface area contributed by atoms with Gasteiger partial charge in [-0.05, 0) is 19.3 Å². The maximum Gasteiger partial charge on any atom is 0.290 e. The molecule has 88 valence electrons. The van der Waals surface area contributed by atoms with E-state index in [4.69, 9.17) is 4.18 Å². The Labute approximate surface area is 92.6 Å². The van der Waals surface area contributed by atoms with Gasteiger partial charge in [-0.15, -0.1) is 0 Å².